The average Bonchev–Trinajstić information content (AvgIpc) is 2.88. The maximum atomic E-state index is 10.8. The van der Waals surface area contributed by atoms with Crippen LogP contribution in [0.4, 0.5) is 0 Å². The van der Waals surface area contributed by atoms with Crippen LogP contribution in [0, 0.1) is 0 Å². The zero-order valence-corrected chi connectivity index (χ0v) is 25.9. The van der Waals surface area contributed by atoms with E-state index < -0.39 is 16.1 Å². The van der Waals surface area contributed by atoms with Crippen molar-refractivity contribution in [2.75, 3.05) is 0 Å². The van der Waals surface area contributed by atoms with E-state index in [1.807, 2.05) is 24.3 Å². The Labute approximate surface area is 237 Å². The van der Waals surface area contributed by atoms with Crippen molar-refractivity contribution in [2.24, 2.45) is 0 Å². The van der Waals surface area contributed by atoms with Crippen LogP contribution in [0.15, 0.2) is 48.5 Å². The van der Waals surface area contributed by atoms with E-state index in [4.69, 9.17) is 0 Å². The molecule has 2 atom stereocenters. The molecule has 2 unspecified atom stereocenters. The van der Waals surface area contributed by atoms with Gasteiger partial charge in [0, 0.05) is 16.1 Å². The maximum absolute atomic E-state index is 10.8. The molecule has 0 bridgehead atoms. The largest absolute Gasteiger partial charge is 2.00 e. The molecule has 0 aromatic heterocycles. The minimum Gasteiger partial charge on any atom is -0.798 e. The molecule has 0 radical (unpaired) electrons. The fourth-order valence-electron chi connectivity index (χ4n) is 4.19. The molecular weight excluding hydrogens is 545 g/mol. The fraction of sp³-hybridized carbons (Fsp3) is 0.600. The molecule has 2 aromatic rings. The third kappa shape index (κ3) is 19.1. The second-order valence-corrected chi connectivity index (χ2v) is 12.0. The van der Waals surface area contributed by atoms with Crippen molar-refractivity contribution >= 4 is 26.7 Å². The molecule has 7 heteroatoms. The molecule has 2 rings (SSSR count). The van der Waals surface area contributed by atoms with Crippen molar-refractivity contribution in [1.29, 1.82) is 0 Å². The van der Waals surface area contributed by atoms with Gasteiger partial charge in [-0.25, -0.2) is 0 Å². The van der Waals surface area contributed by atoms with E-state index in [1.165, 1.54) is 101 Å². The van der Waals surface area contributed by atoms with Crippen molar-refractivity contribution in [1.82, 2.24) is 0 Å². The number of rotatable bonds is 18. The van der Waals surface area contributed by atoms with E-state index in [0.29, 0.717) is 10.6 Å². The zero-order chi connectivity index (χ0) is 26.4. The van der Waals surface area contributed by atoms with E-state index >= 15 is 0 Å². The summed E-state index contributed by atoms with van der Waals surface area (Å²) in [6.07, 6.45) is 20.5. The molecule has 212 valence electrons. The van der Waals surface area contributed by atoms with Crippen LogP contribution < -0.4 is 20.4 Å². The third-order valence-corrected chi connectivity index (χ3v) is 8.13. The molecule has 2 aromatic carbocycles. The molecule has 0 N–H and O–H groups in total. The second-order valence-electron chi connectivity index (χ2n) is 9.71. The molecule has 0 saturated carbocycles. The quantitative estimate of drug-likeness (QED) is 0.107. The number of aryl methyl sites for hydroxylation is 2. The van der Waals surface area contributed by atoms with Gasteiger partial charge >= 0.3 is 16.5 Å². The summed E-state index contributed by atoms with van der Waals surface area (Å²) in [5, 5.41) is 0.895. The van der Waals surface area contributed by atoms with E-state index in [1.54, 1.807) is 24.3 Å². The molecule has 0 aliphatic heterocycles. The Balaban J connectivity index is 0.000000682. The fourth-order valence-corrected chi connectivity index (χ4v) is 5.07. The first kappa shape index (κ1) is 36.3. The van der Waals surface area contributed by atoms with Crippen molar-refractivity contribution in [3.63, 3.8) is 0 Å². The van der Waals surface area contributed by atoms with E-state index in [2.05, 4.69) is 13.8 Å². The van der Waals surface area contributed by atoms with Crippen molar-refractivity contribution in [3.05, 3.63) is 59.7 Å². The van der Waals surface area contributed by atoms with Crippen molar-refractivity contribution in [2.45, 2.75) is 117 Å². The van der Waals surface area contributed by atoms with Crippen LogP contribution in [-0.2, 0) is 38.5 Å². The minimum atomic E-state index is -2.77. The van der Waals surface area contributed by atoms with Gasteiger partial charge in [-0.05, 0) is 47.4 Å². The normalized spacial score (nSPS) is 12.2. The maximum Gasteiger partial charge on any atom is 2.00 e. The van der Waals surface area contributed by atoms with Gasteiger partial charge in [0.25, 0.3) is 0 Å². The van der Waals surface area contributed by atoms with Crippen LogP contribution in [0.2, 0.25) is 0 Å². The summed E-state index contributed by atoms with van der Waals surface area (Å²) >= 11 is 0. The second kappa shape index (κ2) is 24.4. The smallest absolute Gasteiger partial charge is 0.798 e. The van der Waals surface area contributed by atoms with Crippen molar-refractivity contribution < 1.29 is 35.4 Å². The molecule has 0 saturated heterocycles. The molecule has 0 aliphatic rings. The topological polar surface area (TPSA) is 80.3 Å². The van der Waals surface area contributed by atoms with Crippen LogP contribution in [-0.4, -0.2) is 0 Å². The molecule has 0 amide bonds. The molecule has 0 fully saturated rings. The Morgan fingerprint density at radius 1 is 0.486 bits per heavy atom. The van der Waals surface area contributed by atoms with Gasteiger partial charge in [0.05, 0.1) is 0 Å². The van der Waals surface area contributed by atoms with Gasteiger partial charge in [0.1, 0.15) is 0 Å². The Morgan fingerprint density at radius 2 is 0.757 bits per heavy atom. The first-order valence-corrected chi connectivity index (χ1v) is 16.7. The van der Waals surface area contributed by atoms with E-state index in [0.717, 1.165) is 12.8 Å². The van der Waals surface area contributed by atoms with Gasteiger partial charge < -0.3 is 18.9 Å². The van der Waals surface area contributed by atoms with Crippen LogP contribution in [0.5, 0.6) is 0 Å². The van der Waals surface area contributed by atoms with Crippen LogP contribution in [0.25, 0.3) is 0 Å². The zero-order valence-electron chi connectivity index (χ0n) is 22.9. The minimum absolute atomic E-state index is 0. The summed E-state index contributed by atoms with van der Waals surface area (Å²) in [5.74, 6) is 0. The number of hydrogen-bond donors (Lipinski definition) is 0. The van der Waals surface area contributed by atoms with Gasteiger partial charge in [0.2, 0.25) is 0 Å². The van der Waals surface area contributed by atoms with Crippen molar-refractivity contribution in [3.8, 4) is 0 Å². The summed E-state index contributed by atoms with van der Waals surface area (Å²) in [6, 6.07) is 14.6. The summed E-state index contributed by atoms with van der Waals surface area (Å²) in [7, 11) is -5.53. The monoisotopic (exact) mass is 592 g/mol. The predicted molar refractivity (Wildman–Crippen MR) is 154 cm³/mol. The molecule has 0 spiro atoms. The SMILES string of the molecule is CCCCCCCCCc1ccc([PH](=O)[O-])cc1.CCCCCCCCCc1ccc([PH](=O)[O-])cc1.[Ni+2]. The van der Waals surface area contributed by atoms with Gasteiger partial charge in [-0.2, -0.15) is 0 Å². The molecule has 37 heavy (non-hydrogen) atoms. The first-order chi connectivity index (χ1) is 17.5. The first-order valence-electron chi connectivity index (χ1n) is 14.1. The van der Waals surface area contributed by atoms with Gasteiger partial charge in [0.15, 0.2) is 0 Å². The molecule has 0 aliphatic carbocycles. The van der Waals surface area contributed by atoms with Gasteiger partial charge in [-0.1, -0.05) is 139 Å². The van der Waals surface area contributed by atoms with Crippen LogP contribution in [0.1, 0.15) is 115 Å². The summed E-state index contributed by atoms with van der Waals surface area (Å²) in [6.45, 7) is 4.47. The Morgan fingerprint density at radius 3 is 1.03 bits per heavy atom. The average molecular weight is 593 g/mol. The van der Waals surface area contributed by atoms with Crippen LogP contribution >= 0.6 is 16.1 Å². The standard InChI is InChI=1S/2C15H25O2P.Ni/c2*1-2-3-4-5-6-7-8-9-14-10-12-15(13-11-14)18(16)17;/h2*10-13,18H,2-9H2,1H3,(H,16,17);/q;;+2/p-2. The number of hydrogen-bond acceptors (Lipinski definition) is 4. The Bertz CT molecular complexity index is 770. The molecule has 0 heterocycles. The number of benzene rings is 2. The third-order valence-electron chi connectivity index (χ3n) is 6.52. The summed E-state index contributed by atoms with van der Waals surface area (Å²) in [4.78, 5) is 21.5. The van der Waals surface area contributed by atoms with Gasteiger partial charge in [-0.3, -0.25) is 0 Å². The Hall–Kier alpha value is -0.686. The Kier molecular flexibility index (Phi) is 23.9. The summed E-state index contributed by atoms with van der Waals surface area (Å²) < 4.78 is 21.5. The van der Waals surface area contributed by atoms with Gasteiger partial charge in [-0.15, -0.1) is 0 Å². The summed E-state index contributed by atoms with van der Waals surface area (Å²) in [5.41, 5.74) is 2.49. The van der Waals surface area contributed by atoms with Crippen LogP contribution in [0.3, 0.4) is 0 Å². The predicted octanol–water partition coefficient (Wildman–Crippen LogP) is 6.88. The van der Waals surface area contributed by atoms with E-state index in [9.17, 15) is 18.9 Å². The molecule has 4 nitrogen and oxygen atoms in total. The van der Waals surface area contributed by atoms with E-state index in [-0.39, 0.29) is 16.5 Å². The molecular formula is C30H48NiO4P2. The number of unbranched alkanes of at least 4 members (excludes halogenated alkanes) is 12.